The molecule has 228 valence electrons. The molecule has 1 aliphatic heterocycles. The molecule has 0 spiro atoms. The molecular formula is C33H53BN2O5. The van der Waals surface area contributed by atoms with Gasteiger partial charge >= 0.3 is 13.2 Å². The Kier molecular flexibility index (Phi) is 11.6. The highest BCUT2D eigenvalue weighted by atomic mass is 16.7. The fraction of sp³-hybridized carbons (Fsp3) is 0.758. The van der Waals surface area contributed by atoms with Gasteiger partial charge in [0.25, 0.3) is 0 Å². The fourth-order valence-electron chi connectivity index (χ4n) is 6.91. The third-order valence-electron chi connectivity index (χ3n) is 8.81. The minimum absolute atomic E-state index is 0.0926. The van der Waals surface area contributed by atoms with Crippen LogP contribution in [0.25, 0.3) is 0 Å². The molecule has 2 aliphatic carbocycles. The second kappa shape index (κ2) is 14.9. The van der Waals surface area contributed by atoms with Crippen LogP contribution >= 0.6 is 0 Å². The molecule has 3 fully saturated rings. The third-order valence-corrected chi connectivity index (χ3v) is 8.81. The number of ether oxygens (including phenoxy) is 1. The summed E-state index contributed by atoms with van der Waals surface area (Å²) in [7, 11) is -0.487. The van der Waals surface area contributed by atoms with E-state index in [4.69, 9.17) is 14.0 Å². The topological polar surface area (TPSA) is 85.9 Å². The van der Waals surface area contributed by atoms with Crippen LogP contribution in [0.4, 0.5) is 4.79 Å². The van der Waals surface area contributed by atoms with Crippen LogP contribution in [0.2, 0.25) is 0 Å². The number of rotatable bonds is 10. The van der Waals surface area contributed by atoms with Gasteiger partial charge in [0, 0.05) is 6.42 Å². The van der Waals surface area contributed by atoms with Gasteiger partial charge in [0.1, 0.15) is 11.6 Å². The minimum atomic E-state index is -0.786. The summed E-state index contributed by atoms with van der Waals surface area (Å²) < 4.78 is 19.2. The summed E-state index contributed by atoms with van der Waals surface area (Å²) in [6.07, 6.45) is 13.1. The van der Waals surface area contributed by atoms with Crippen molar-refractivity contribution in [2.75, 3.05) is 0 Å². The lowest BCUT2D eigenvalue weighted by Crippen LogP contribution is -2.56. The van der Waals surface area contributed by atoms with E-state index in [1.54, 1.807) is 0 Å². The highest BCUT2D eigenvalue weighted by Crippen LogP contribution is 2.41. The number of alkyl carbamates (subject to hydrolysis) is 1. The Bertz CT molecular complexity index is 930. The molecule has 1 heterocycles. The number of amides is 2. The summed E-state index contributed by atoms with van der Waals surface area (Å²) in [6, 6.07) is 8.97. The molecule has 8 heteroatoms. The van der Waals surface area contributed by atoms with Gasteiger partial charge in [0.05, 0.1) is 18.1 Å². The summed E-state index contributed by atoms with van der Waals surface area (Å²) >= 11 is 0. The zero-order valence-electron chi connectivity index (χ0n) is 26.0. The molecule has 4 rings (SSSR count). The minimum Gasteiger partial charge on any atom is -0.444 e. The lowest BCUT2D eigenvalue weighted by atomic mass is 9.73. The molecule has 0 radical (unpaired) electrons. The normalized spacial score (nSPS) is 24.2. The van der Waals surface area contributed by atoms with E-state index in [0.717, 1.165) is 12.0 Å². The zero-order valence-corrected chi connectivity index (χ0v) is 26.0. The Balaban J connectivity index is 1.51. The van der Waals surface area contributed by atoms with Crippen LogP contribution in [0.3, 0.4) is 0 Å². The fourth-order valence-corrected chi connectivity index (χ4v) is 6.91. The maximum atomic E-state index is 13.9. The van der Waals surface area contributed by atoms with Crippen molar-refractivity contribution in [1.29, 1.82) is 0 Å². The summed E-state index contributed by atoms with van der Waals surface area (Å²) in [5.74, 6) is 0.834. The van der Waals surface area contributed by atoms with Crippen LogP contribution < -0.4 is 10.6 Å². The highest BCUT2D eigenvalue weighted by molar-refractivity contribution is 6.47. The van der Waals surface area contributed by atoms with Crippen molar-refractivity contribution in [2.24, 2.45) is 17.8 Å². The first-order chi connectivity index (χ1) is 19.6. The lowest BCUT2D eigenvalue weighted by molar-refractivity contribution is -0.123. The van der Waals surface area contributed by atoms with Crippen LogP contribution in [-0.4, -0.2) is 48.9 Å². The van der Waals surface area contributed by atoms with Gasteiger partial charge < -0.3 is 24.7 Å². The maximum absolute atomic E-state index is 13.9. The monoisotopic (exact) mass is 568 g/mol. The number of nitrogens with one attached hydrogen (secondary N) is 2. The van der Waals surface area contributed by atoms with E-state index in [2.05, 4.69) is 24.5 Å². The van der Waals surface area contributed by atoms with E-state index in [9.17, 15) is 9.59 Å². The van der Waals surface area contributed by atoms with Crippen LogP contribution in [0.1, 0.15) is 111 Å². The smallest absolute Gasteiger partial charge is 0.444 e. The Labute approximate surface area is 248 Å². The number of hydrogen-bond acceptors (Lipinski definition) is 5. The molecule has 1 aromatic carbocycles. The predicted molar refractivity (Wildman–Crippen MR) is 163 cm³/mol. The van der Waals surface area contributed by atoms with Crippen molar-refractivity contribution in [3.63, 3.8) is 0 Å². The molecule has 2 saturated carbocycles. The van der Waals surface area contributed by atoms with Crippen LogP contribution in [0, 0.1) is 17.8 Å². The first-order valence-electron chi connectivity index (χ1n) is 16.2. The average Bonchev–Trinajstić information content (AvgIpc) is 3.38. The van der Waals surface area contributed by atoms with Gasteiger partial charge in [0.2, 0.25) is 5.91 Å². The number of hydrogen-bond donors (Lipinski definition) is 2. The first-order valence-corrected chi connectivity index (χ1v) is 16.2. The molecule has 0 unspecified atom stereocenters. The third kappa shape index (κ3) is 9.74. The molecule has 2 N–H and O–H groups in total. The molecule has 4 atom stereocenters. The van der Waals surface area contributed by atoms with Gasteiger partial charge in [-0.2, -0.15) is 0 Å². The number of carbonyl (C=O) groups excluding carboxylic acids is 2. The van der Waals surface area contributed by atoms with Crippen LogP contribution in [-0.2, 0) is 25.3 Å². The summed E-state index contributed by atoms with van der Waals surface area (Å²) in [5, 5.41) is 6.10. The zero-order chi connectivity index (χ0) is 29.4. The van der Waals surface area contributed by atoms with Gasteiger partial charge in [-0.05, 0) is 76.2 Å². The molecule has 41 heavy (non-hydrogen) atoms. The SMILES string of the molecule is CC(C)C[C@H](NC(=O)[C@H](Cc1ccccc1)NC(=O)OC(C)(C)C)B1O[C@H](C2CCCCC2)[C@@H](C2CCCCC2)O1. The van der Waals surface area contributed by atoms with E-state index in [0.29, 0.717) is 24.2 Å². The molecule has 1 aromatic rings. The van der Waals surface area contributed by atoms with Crippen LogP contribution in [0.5, 0.6) is 0 Å². The van der Waals surface area contributed by atoms with E-state index >= 15 is 0 Å². The Morgan fingerprint density at radius 3 is 1.90 bits per heavy atom. The summed E-state index contributed by atoms with van der Waals surface area (Å²) in [4.78, 5) is 26.6. The maximum Gasteiger partial charge on any atom is 0.481 e. The first kappa shape index (κ1) is 31.9. The van der Waals surface area contributed by atoms with Crippen LogP contribution in [0.15, 0.2) is 30.3 Å². The molecular weight excluding hydrogens is 515 g/mol. The largest absolute Gasteiger partial charge is 0.481 e. The van der Waals surface area contributed by atoms with Crippen molar-refractivity contribution in [1.82, 2.24) is 10.6 Å². The highest BCUT2D eigenvalue weighted by Gasteiger charge is 2.50. The summed E-state index contributed by atoms with van der Waals surface area (Å²) in [5.41, 5.74) is 0.304. The standard InChI is InChI=1S/C33H53BN2O5/c1-23(2)21-28(34-40-29(25-17-11-7-12-18-25)30(41-34)26-19-13-8-14-20-26)36-31(37)27(22-24-15-9-6-10-16-24)35-32(38)39-33(3,4)5/h6,9-10,15-16,23,25-30H,7-8,11-14,17-22H2,1-5H3,(H,35,38)(H,36,37)/t27-,28-,29+,30+/m0/s1. The van der Waals surface area contributed by atoms with Gasteiger partial charge in [0.15, 0.2) is 0 Å². The molecule has 3 aliphatic rings. The molecule has 2 amide bonds. The number of carbonyl (C=O) groups is 2. The van der Waals surface area contributed by atoms with Gasteiger partial charge in [-0.3, -0.25) is 4.79 Å². The molecule has 7 nitrogen and oxygen atoms in total. The van der Waals surface area contributed by atoms with Gasteiger partial charge in [-0.25, -0.2) is 4.79 Å². The Morgan fingerprint density at radius 2 is 1.41 bits per heavy atom. The van der Waals surface area contributed by atoms with Gasteiger partial charge in [-0.1, -0.05) is 82.7 Å². The Morgan fingerprint density at radius 1 is 0.878 bits per heavy atom. The van der Waals surface area contributed by atoms with E-state index < -0.39 is 24.9 Å². The van der Waals surface area contributed by atoms with Crippen molar-refractivity contribution in [2.45, 2.75) is 141 Å². The van der Waals surface area contributed by atoms with Crippen molar-refractivity contribution in [3.8, 4) is 0 Å². The van der Waals surface area contributed by atoms with E-state index in [1.165, 1.54) is 64.2 Å². The quantitative estimate of drug-likeness (QED) is 0.310. The second-order valence-electron chi connectivity index (χ2n) is 14.0. The van der Waals surface area contributed by atoms with Crippen molar-refractivity contribution < 1.29 is 23.6 Å². The molecule has 0 aromatic heterocycles. The van der Waals surface area contributed by atoms with E-state index in [-0.39, 0.29) is 24.1 Å². The number of benzene rings is 1. The van der Waals surface area contributed by atoms with E-state index in [1.807, 2.05) is 51.1 Å². The molecule has 0 bridgehead atoms. The van der Waals surface area contributed by atoms with Crippen molar-refractivity contribution >= 4 is 19.1 Å². The predicted octanol–water partition coefficient (Wildman–Crippen LogP) is 6.63. The van der Waals surface area contributed by atoms with Gasteiger partial charge in [-0.15, -0.1) is 0 Å². The lowest BCUT2D eigenvalue weighted by Gasteiger charge is -2.35. The average molecular weight is 569 g/mol. The Hall–Kier alpha value is -2.06. The summed E-state index contributed by atoms with van der Waals surface area (Å²) in [6.45, 7) is 9.77. The second-order valence-corrected chi connectivity index (χ2v) is 14.0. The van der Waals surface area contributed by atoms with Crippen molar-refractivity contribution in [3.05, 3.63) is 35.9 Å². The molecule has 1 saturated heterocycles.